The lowest BCUT2D eigenvalue weighted by Crippen LogP contribution is -2.51. The molecule has 0 amide bonds. The number of anilines is 1. The third kappa shape index (κ3) is 4.33. The molecule has 0 atom stereocenters. The molecular formula is C20H27FN4O2S. The molecular weight excluding hydrogens is 379 g/mol. The third-order valence-corrected chi connectivity index (χ3v) is 7.37. The van der Waals surface area contributed by atoms with Gasteiger partial charge in [0.05, 0.1) is 5.25 Å². The van der Waals surface area contributed by atoms with Gasteiger partial charge in [-0.25, -0.2) is 22.8 Å². The highest BCUT2D eigenvalue weighted by molar-refractivity contribution is 7.89. The van der Waals surface area contributed by atoms with E-state index in [2.05, 4.69) is 14.9 Å². The monoisotopic (exact) mass is 406 g/mol. The van der Waals surface area contributed by atoms with E-state index < -0.39 is 15.3 Å². The zero-order valence-electron chi connectivity index (χ0n) is 16.8. The van der Waals surface area contributed by atoms with Gasteiger partial charge in [-0.1, -0.05) is 12.1 Å². The lowest BCUT2D eigenvalue weighted by molar-refractivity contribution is 0.379. The Balaban J connectivity index is 1.85. The van der Waals surface area contributed by atoms with E-state index in [-0.39, 0.29) is 5.82 Å². The van der Waals surface area contributed by atoms with Crippen LogP contribution in [0.4, 0.5) is 10.2 Å². The van der Waals surface area contributed by atoms with E-state index in [1.807, 2.05) is 13.8 Å². The highest BCUT2D eigenvalue weighted by Gasteiger charge is 2.30. The summed E-state index contributed by atoms with van der Waals surface area (Å²) < 4.78 is 39.6. The molecule has 1 aliphatic heterocycles. The van der Waals surface area contributed by atoms with Gasteiger partial charge in [-0.15, -0.1) is 0 Å². The van der Waals surface area contributed by atoms with Gasteiger partial charge in [-0.2, -0.15) is 4.31 Å². The van der Waals surface area contributed by atoms with Gasteiger partial charge in [0.15, 0.2) is 0 Å². The normalized spacial score (nSPS) is 16.0. The number of halogens is 1. The summed E-state index contributed by atoms with van der Waals surface area (Å²) in [5.74, 6) is 1.27. The van der Waals surface area contributed by atoms with Crippen molar-refractivity contribution in [1.29, 1.82) is 0 Å². The fourth-order valence-electron chi connectivity index (χ4n) is 3.45. The molecule has 3 rings (SSSR count). The van der Waals surface area contributed by atoms with E-state index in [0.29, 0.717) is 38.4 Å². The number of aryl methyl sites for hydroxylation is 2. The van der Waals surface area contributed by atoms with Crippen molar-refractivity contribution in [3.05, 3.63) is 52.7 Å². The first-order valence-corrected chi connectivity index (χ1v) is 11.0. The van der Waals surface area contributed by atoms with Crippen LogP contribution in [0.25, 0.3) is 0 Å². The van der Waals surface area contributed by atoms with E-state index in [1.165, 1.54) is 12.1 Å². The minimum atomic E-state index is -3.25. The summed E-state index contributed by atoms with van der Waals surface area (Å²) in [6.07, 6.45) is 0.603. The zero-order chi connectivity index (χ0) is 20.5. The summed E-state index contributed by atoms with van der Waals surface area (Å²) >= 11 is 0. The van der Waals surface area contributed by atoms with Crippen LogP contribution in [0.15, 0.2) is 24.3 Å². The van der Waals surface area contributed by atoms with E-state index >= 15 is 0 Å². The highest BCUT2D eigenvalue weighted by Crippen LogP contribution is 2.26. The Hall–Kier alpha value is -2.06. The van der Waals surface area contributed by atoms with Crippen molar-refractivity contribution >= 4 is 15.8 Å². The minimum absolute atomic E-state index is 0.261. The summed E-state index contributed by atoms with van der Waals surface area (Å²) in [5.41, 5.74) is 2.88. The molecule has 1 aromatic carbocycles. The second-order valence-electron chi connectivity index (χ2n) is 7.44. The predicted molar refractivity (Wildman–Crippen MR) is 109 cm³/mol. The Labute approximate surface area is 166 Å². The van der Waals surface area contributed by atoms with Gasteiger partial charge < -0.3 is 4.90 Å². The number of nitrogens with zero attached hydrogens (tertiary/aromatic N) is 4. The van der Waals surface area contributed by atoms with Crippen molar-refractivity contribution in [2.45, 2.75) is 39.4 Å². The molecule has 0 unspecified atom stereocenters. The summed E-state index contributed by atoms with van der Waals surface area (Å²) in [6.45, 7) is 9.28. The standard InChI is InChI=1S/C20H27FN4O2S/c1-14(2)28(26,27)25-11-9-24(10-12-25)20-19(15(3)22-16(4)23-20)13-17-5-7-18(21)8-6-17/h5-8,14H,9-13H2,1-4H3. The Morgan fingerprint density at radius 3 is 2.21 bits per heavy atom. The van der Waals surface area contributed by atoms with E-state index in [4.69, 9.17) is 0 Å². The van der Waals surface area contributed by atoms with Gasteiger partial charge in [0, 0.05) is 43.9 Å². The Kier molecular flexibility index (Phi) is 6.00. The average molecular weight is 407 g/mol. The van der Waals surface area contributed by atoms with E-state index in [0.717, 1.165) is 22.6 Å². The van der Waals surface area contributed by atoms with Gasteiger partial charge in [0.25, 0.3) is 0 Å². The van der Waals surface area contributed by atoms with Crippen molar-refractivity contribution in [1.82, 2.24) is 14.3 Å². The fraction of sp³-hybridized carbons (Fsp3) is 0.500. The summed E-state index contributed by atoms with van der Waals surface area (Å²) in [4.78, 5) is 11.3. The lowest BCUT2D eigenvalue weighted by Gasteiger charge is -2.36. The maximum atomic E-state index is 13.2. The average Bonchev–Trinajstić information content (AvgIpc) is 2.65. The molecule has 0 radical (unpaired) electrons. The van der Waals surface area contributed by atoms with Gasteiger partial charge in [-0.05, 0) is 45.4 Å². The number of aromatic nitrogens is 2. The second kappa shape index (κ2) is 8.13. The number of hydrogen-bond acceptors (Lipinski definition) is 5. The molecule has 28 heavy (non-hydrogen) atoms. The van der Waals surface area contributed by atoms with E-state index in [9.17, 15) is 12.8 Å². The number of rotatable bonds is 5. The predicted octanol–water partition coefficient (Wildman–Crippen LogP) is 2.68. The molecule has 2 heterocycles. The number of piperazine rings is 1. The molecule has 1 aromatic heterocycles. The molecule has 6 nitrogen and oxygen atoms in total. The molecule has 1 fully saturated rings. The second-order valence-corrected chi connectivity index (χ2v) is 9.93. The van der Waals surface area contributed by atoms with Crippen LogP contribution in [-0.2, 0) is 16.4 Å². The molecule has 0 bridgehead atoms. The van der Waals surface area contributed by atoms with Crippen LogP contribution in [0.3, 0.4) is 0 Å². The smallest absolute Gasteiger partial charge is 0.216 e. The zero-order valence-corrected chi connectivity index (χ0v) is 17.6. The summed E-state index contributed by atoms with van der Waals surface area (Å²) in [6, 6.07) is 6.45. The molecule has 8 heteroatoms. The first-order valence-electron chi connectivity index (χ1n) is 9.51. The van der Waals surface area contributed by atoms with Crippen molar-refractivity contribution in [2.24, 2.45) is 0 Å². The minimum Gasteiger partial charge on any atom is -0.354 e. The molecule has 152 valence electrons. The van der Waals surface area contributed by atoms with E-state index in [1.54, 1.807) is 30.3 Å². The van der Waals surface area contributed by atoms with Gasteiger partial charge in [0.1, 0.15) is 17.5 Å². The SMILES string of the molecule is Cc1nc(C)c(Cc2ccc(F)cc2)c(N2CCN(S(=O)(=O)C(C)C)CC2)n1. The van der Waals surface area contributed by atoms with Crippen LogP contribution in [0.1, 0.15) is 36.5 Å². The topological polar surface area (TPSA) is 66.4 Å². The molecule has 1 saturated heterocycles. The van der Waals surface area contributed by atoms with Gasteiger partial charge >= 0.3 is 0 Å². The van der Waals surface area contributed by atoms with Crippen LogP contribution in [-0.4, -0.2) is 54.1 Å². The number of hydrogen-bond donors (Lipinski definition) is 0. The summed E-state index contributed by atoms with van der Waals surface area (Å²) in [5, 5.41) is -0.420. The van der Waals surface area contributed by atoms with Crippen molar-refractivity contribution in [2.75, 3.05) is 31.1 Å². The molecule has 2 aromatic rings. The first-order chi connectivity index (χ1) is 13.2. The molecule has 1 aliphatic rings. The maximum Gasteiger partial charge on any atom is 0.216 e. The van der Waals surface area contributed by atoms with Crippen LogP contribution in [0.5, 0.6) is 0 Å². The van der Waals surface area contributed by atoms with Crippen LogP contribution in [0, 0.1) is 19.7 Å². The molecule has 0 saturated carbocycles. The molecule has 0 aliphatic carbocycles. The Morgan fingerprint density at radius 2 is 1.64 bits per heavy atom. The van der Waals surface area contributed by atoms with Crippen molar-refractivity contribution in [3.63, 3.8) is 0 Å². The van der Waals surface area contributed by atoms with Gasteiger partial charge in [-0.3, -0.25) is 0 Å². The third-order valence-electron chi connectivity index (χ3n) is 5.09. The van der Waals surface area contributed by atoms with Crippen molar-refractivity contribution in [3.8, 4) is 0 Å². The van der Waals surface area contributed by atoms with Crippen LogP contribution in [0.2, 0.25) is 0 Å². The van der Waals surface area contributed by atoms with Crippen LogP contribution < -0.4 is 4.90 Å². The number of sulfonamides is 1. The maximum absolute atomic E-state index is 13.2. The van der Waals surface area contributed by atoms with Crippen molar-refractivity contribution < 1.29 is 12.8 Å². The quantitative estimate of drug-likeness (QED) is 0.764. The molecule has 0 spiro atoms. The summed E-state index contributed by atoms with van der Waals surface area (Å²) in [7, 11) is -3.25. The Morgan fingerprint density at radius 1 is 1.04 bits per heavy atom. The largest absolute Gasteiger partial charge is 0.354 e. The number of benzene rings is 1. The molecule has 0 N–H and O–H groups in total. The van der Waals surface area contributed by atoms with Gasteiger partial charge in [0.2, 0.25) is 10.0 Å². The fourth-order valence-corrected chi connectivity index (χ4v) is 4.71. The Bertz CT molecular complexity index is 937. The lowest BCUT2D eigenvalue weighted by atomic mass is 10.0. The highest BCUT2D eigenvalue weighted by atomic mass is 32.2. The first kappa shape index (κ1) is 20.7. The van der Waals surface area contributed by atoms with Crippen LogP contribution >= 0.6 is 0 Å².